The molecule has 3 aliphatic rings. The van der Waals surface area contributed by atoms with Crippen LogP contribution in [0.15, 0.2) is 18.3 Å². The number of fused-ring (bicyclic) bond motifs is 2. The minimum absolute atomic E-state index is 0.0375. The maximum Gasteiger partial charge on any atom is 0.124 e. The molecule has 7 heteroatoms. The molecule has 1 aromatic heterocycles. The second-order valence-corrected chi connectivity index (χ2v) is 8.01. The molecule has 2 aliphatic heterocycles. The van der Waals surface area contributed by atoms with Crippen molar-refractivity contribution < 1.29 is 14.2 Å². The molecule has 2 aromatic rings. The molecular weight excluding hydrogens is 356 g/mol. The van der Waals surface area contributed by atoms with Gasteiger partial charge in [0.15, 0.2) is 0 Å². The molecule has 1 N–H and O–H groups in total. The Balaban J connectivity index is 1.30. The van der Waals surface area contributed by atoms with Gasteiger partial charge in [-0.1, -0.05) is 11.3 Å². The largest absolute Gasteiger partial charge is 0.493 e. The molecule has 1 aromatic carbocycles. The third-order valence-electron chi connectivity index (χ3n) is 6.22. The number of ether oxygens (including phenoxy) is 3. The van der Waals surface area contributed by atoms with Crippen molar-refractivity contribution in [3.63, 3.8) is 0 Å². The van der Waals surface area contributed by atoms with Crippen molar-refractivity contribution in [3.8, 4) is 5.75 Å². The number of methoxy groups -OCH3 is 1. The number of nitrogens with one attached hydrogen (secondary N) is 1. The fourth-order valence-corrected chi connectivity index (χ4v) is 4.63. The summed E-state index contributed by atoms with van der Waals surface area (Å²) in [6, 6.07) is 5.03. The summed E-state index contributed by atoms with van der Waals surface area (Å²) in [5.74, 6) is 1.06. The molecule has 0 spiro atoms. The molecule has 1 unspecified atom stereocenters. The van der Waals surface area contributed by atoms with E-state index in [9.17, 15) is 0 Å². The molecule has 0 radical (unpaired) electrons. The summed E-state index contributed by atoms with van der Waals surface area (Å²) in [5.41, 5.74) is 5.20. The Bertz CT molecular complexity index is 837. The molecule has 3 atom stereocenters. The van der Waals surface area contributed by atoms with Crippen LogP contribution in [0.3, 0.4) is 0 Å². The van der Waals surface area contributed by atoms with Gasteiger partial charge in [-0.15, -0.1) is 5.10 Å². The molecule has 3 heterocycles. The van der Waals surface area contributed by atoms with Gasteiger partial charge in [0.05, 0.1) is 31.7 Å². The zero-order chi connectivity index (χ0) is 18.9. The van der Waals surface area contributed by atoms with Gasteiger partial charge in [0.25, 0.3) is 0 Å². The Morgan fingerprint density at radius 1 is 1.21 bits per heavy atom. The summed E-state index contributed by atoms with van der Waals surface area (Å²) in [6.45, 7) is 2.71. The van der Waals surface area contributed by atoms with Crippen LogP contribution >= 0.6 is 0 Å². The predicted molar refractivity (Wildman–Crippen MR) is 103 cm³/mol. The van der Waals surface area contributed by atoms with Crippen molar-refractivity contribution in [1.82, 2.24) is 20.3 Å². The minimum atomic E-state index is 0.0375. The summed E-state index contributed by atoms with van der Waals surface area (Å²) >= 11 is 0. The summed E-state index contributed by atoms with van der Waals surface area (Å²) in [4.78, 5) is 0. The van der Waals surface area contributed by atoms with Crippen molar-refractivity contribution in [2.24, 2.45) is 0 Å². The summed E-state index contributed by atoms with van der Waals surface area (Å²) in [5, 5.41) is 12.4. The molecule has 28 heavy (non-hydrogen) atoms. The topological polar surface area (TPSA) is 70.4 Å². The van der Waals surface area contributed by atoms with Gasteiger partial charge in [0.1, 0.15) is 17.9 Å². The average molecular weight is 384 g/mol. The summed E-state index contributed by atoms with van der Waals surface area (Å²) < 4.78 is 19.0. The lowest BCUT2D eigenvalue weighted by Crippen LogP contribution is -2.24. The van der Waals surface area contributed by atoms with E-state index in [0.29, 0.717) is 19.8 Å². The van der Waals surface area contributed by atoms with Crippen molar-refractivity contribution in [3.05, 3.63) is 40.7 Å². The SMILES string of the molecule is CO[C@@H]1COC[C@H]1n1cc(CNC2CCCOc3cc4c(cc32)CCC4)nn1. The first-order chi connectivity index (χ1) is 13.8. The number of hydrogen-bond acceptors (Lipinski definition) is 6. The Hall–Kier alpha value is -1.96. The quantitative estimate of drug-likeness (QED) is 0.853. The number of nitrogens with zero attached hydrogens (tertiary/aromatic N) is 3. The van der Waals surface area contributed by atoms with Crippen LogP contribution in [-0.4, -0.2) is 48.0 Å². The van der Waals surface area contributed by atoms with Gasteiger partial charge >= 0.3 is 0 Å². The van der Waals surface area contributed by atoms with Crippen LogP contribution in [0.5, 0.6) is 5.75 Å². The third kappa shape index (κ3) is 3.43. The Kier molecular flexibility index (Phi) is 5.05. The van der Waals surface area contributed by atoms with Crippen LogP contribution in [-0.2, 0) is 28.9 Å². The van der Waals surface area contributed by atoms with Crippen LogP contribution < -0.4 is 10.1 Å². The van der Waals surface area contributed by atoms with Gasteiger partial charge in [0, 0.05) is 25.3 Å². The highest BCUT2D eigenvalue weighted by Crippen LogP contribution is 2.37. The van der Waals surface area contributed by atoms with E-state index in [1.807, 2.05) is 10.9 Å². The molecule has 1 saturated heterocycles. The van der Waals surface area contributed by atoms with Gasteiger partial charge in [-0.25, -0.2) is 4.68 Å². The number of aromatic nitrogens is 3. The highest BCUT2D eigenvalue weighted by atomic mass is 16.5. The van der Waals surface area contributed by atoms with Crippen molar-refractivity contribution in [1.29, 1.82) is 0 Å². The lowest BCUT2D eigenvalue weighted by Gasteiger charge is -2.19. The van der Waals surface area contributed by atoms with E-state index in [0.717, 1.165) is 30.9 Å². The maximum atomic E-state index is 6.05. The lowest BCUT2D eigenvalue weighted by molar-refractivity contribution is 0.0661. The average Bonchev–Trinajstić information content (AvgIpc) is 3.44. The first-order valence-corrected chi connectivity index (χ1v) is 10.3. The smallest absolute Gasteiger partial charge is 0.124 e. The molecule has 1 fully saturated rings. The first kappa shape index (κ1) is 18.1. The van der Waals surface area contributed by atoms with E-state index >= 15 is 0 Å². The number of rotatable bonds is 5. The van der Waals surface area contributed by atoms with Crippen LogP contribution in [0.4, 0.5) is 0 Å². The molecule has 150 valence electrons. The lowest BCUT2D eigenvalue weighted by atomic mass is 9.97. The first-order valence-electron chi connectivity index (χ1n) is 10.3. The van der Waals surface area contributed by atoms with Gasteiger partial charge in [-0.05, 0) is 49.3 Å². The molecule has 5 rings (SSSR count). The molecule has 0 amide bonds. The van der Waals surface area contributed by atoms with E-state index in [-0.39, 0.29) is 18.2 Å². The van der Waals surface area contributed by atoms with Crippen molar-refractivity contribution in [2.45, 2.75) is 56.8 Å². The number of hydrogen-bond donors (Lipinski definition) is 1. The normalized spacial score (nSPS) is 26.5. The Labute approximate surface area is 165 Å². The van der Waals surface area contributed by atoms with E-state index in [1.54, 1.807) is 7.11 Å². The second-order valence-electron chi connectivity index (χ2n) is 8.01. The van der Waals surface area contributed by atoms with Gasteiger partial charge in [0.2, 0.25) is 0 Å². The third-order valence-corrected chi connectivity index (χ3v) is 6.22. The zero-order valence-electron chi connectivity index (χ0n) is 16.4. The van der Waals surface area contributed by atoms with Gasteiger partial charge < -0.3 is 19.5 Å². The molecule has 0 saturated carbocycles. The number of benzene rings is 1. The van der Waals surface area contributed by atoms with E-state index in [4.69, 9.17) is 14.2 Å². The van der Waals surface area contributed by atoms with E-state index in [1.165, 1.54) is 36.0 Å². The Morgan fingerprint density at radius 3 is 3.00 bits per heavy atom. The standard InChI is InChI=1S/C21H28N4O3/c1-26-21-13-27-12-19(21)25-11-16(23-24-25)10-22-18-6-3-7-28-20-9-15-5-2-4-14(15)8-17(18)20/h8-9,11,18-19,21-22H,2-7,10,12-13H2,1H3/t18?,19-,21-/m1/s1. The van der Waals surface area contributed by atoms with Crippen molar-refractivity contribution >= 4 is 0 Å². The fourth-order valence-electron chi connectivity index (χ4n) is 4.63. The highest BCUT2D eigenvalue weighted by Gasteiger charge is 2.31. The van der Waals surface area contributed by atoms with Crippen molar-refractivity contribution in [2.75, 3.05) is 26.9 Å². The fraction of sp³-hybridized carbons (Fsp3) is 0.619. The minimum Gasteiger partial charge on any atom is -0.493 e. The highest BCUT2D eigenvalue weighted by molar-refractivity contribution is 5.46. The predicted octanol–water partition coefficient (Wildman–Crippen LogP) is 2.36. The van der Waals surface area contributed by atoms with Crippen LogP contribution in [0.2, 0.25) is 0 Å². The van der Waals surface area contributed by atoms with Crippen LogP contribution in [0.25, 0.3) is 0 Å². The summed E-state index contributed by atoms with van der Waals surface area (Å²) in [7, 11) is 1.72. The molecular formula is C21H28N4O3. The van der Waals surface area contributed by atoms with Crippen LogP contribution in [0.1, 0.15) is 53.7 Å². The summed E-state index contributed by atoms with van der Waals surface area (Å²) in [6.07, 6.45) is 7.80. The Morgan fingerprint density at radius 2 is 2.11 bits per heavy atom. The number of aryl methyl sites for hydroxylation is 2. The van der Waals surface area contributed by atoms with E-state index in [2.05, 4.69) is 27.8 Å². The monoisotopic (exact) mass is 384 g/mol. The molecule has 7 nitrogen and oxygen atoms in total. The van der Waals surface area contributed by atoms with Crippen LogP contribution in [0, 0.1) is 0 Å². The zero-order valence-corrected chi connectivity index (χ0v) is 16.4. The maximum absolute atomic E-state index is 6.05. The van der Waals surface area contributed by atoms with Gasteiger partial charge in [-0.3, -0.25) is 0 Å². The molecule has 0 bridgehead atoms. The molecule has 1 aliphatic carbocycles. The second kappa shape index (κ2) is 7.81. The van der Waals surface area contributed by atoms with E-state index < -0.39 is 0 Å². The van der Waals surface area contributed by atoms with Gasteiger partial charge in [-0.2, -0.15) is 0 Å².